The highest BCUT2D eigenvalue weighted by atomic mass is 16.6. The molecule has 0 spiro atoms. The molecule has 0 bridgehead atoms. The van der Waals surface area contributed by atoms with Gasteiger partial charge in [-0.15, -0.1) is 0 Å². The largest absolute Gasteiger partial charge is 0.462 e. The molecule has 3 saturated carbocycles. The van der Waals surface area contributed by atoms with Gasteiger partial charge in [0, 0.05) is 37.7 Å². The van der Waals surface area contributed by atoms with Crippen molar-refractivity contribution in [1.29, 1.82) is 0 Å². The van der Waals surface area contributed by atoms with Crippen LogP contribution in [0.1, 0.15) is 66.7 Å². The summed E-state index contributed by atoms with van der Waals surface area (Å²) in [6, 6.07) is 0. The molecule has 0 unspecified atom stereocenters. The minimum Gasteiger partial charge on any atom is -0.462 e. The van der Waals surface area contributed by atoms with Crippen LogP contribution in [0.15, 0.2) is 23.3 Å². The zero-order valence-corrected chi connectivity index (χ0v) is 20.8. The number of fused-ring (bicyclic) bond motifs is 5. The third-order valence-electron chi connectivity index (χ3n) is 9.50. The number of methoxy groups -OCH3 is 1. The highest BCUT2D eigenvalue weighted by molar-refractivity contribution is 6.02. The van der Waals surface area contributed by atoms with Crippen LogP contribution in [0.2, 0.25) is 0 Å². The first-order chi connectivity index (χ1) is 15.5. The highest BCUT2D eigenvalue weighted by Gasteiger charge is 2.64. The van der Waals surface area contributed by atoms with Crippen molar-refractivity contribution in [2.45, 2.75) is 78.9 Å². The van der Waals surface area contributed by atoms with E-state index in [9.17, 15) is 14.4 Å². The molecule has 0 N–H and O–H groups in total. The van der Waals surface area contributed by atoms with E-state index in [-0.39, 0.29) is 52.6 Å². The molecular formula is C27H38O6. The van der Waals surface area contributed by atoms with Crippen LogP contribution in [0.4, 0.5) is 0 Å². The van der Waals surface area contributed by atoms with Crippen LogP contribution in [-0.4, -0.2) is 43.6 Å². The maximum atomic E-state index is 12.3. The molecule has 0 aliphatic heterocycles. The van der Waals surface area contributed by atoms with Crippen molar-refractivity contribution in [2.24, 2.45) is 34.5 Å². The fourth-order valence-electron chi connectivity index (χ4n) is 8.08. The maximum absolute atomic E-state index is 12.3. The number of carbonyl (C=O) groups is 3. The van der Waals surface area contributed by atoms with Crippen molar-refractivity contribution in [3.05, 3.63) is 23.3 Å². The first-order valence-electron chi connectivity index (χ1n) is 12.3. The van der Waals surface area contributed by atoms with E-state index in [1.807, 2.05) is 6.08 Å². The monoisotopic (exact) mass is 458 g/mol. The third-order valence-corrected chi connectivity index (χ3v) is 9.50. The molecule has 4 aliphatic rings. The lowest BCUT2D eigenvalue weighted by molar-refractivity contribution is -0.159. The molecule has 0 aromatic rings. The van der Waals surface area contributed by atoms with E-state index in [1.54, 1.807) is 13.2 Å². The van der Waals surface area contributed by atoms with Gasteiger partial charge in [-0.1, -0.05) is 25.0 Å². The van der Waals surface area contributed by atoms with Crippen molar-refractivity contribution in [3.8, 4) is 0 Å². The summed E-state index contributed by atoms with van der Waals surface area (Å²) in [6.45, 7) is 9.92. The Morgan fingerprint density at radius 2 is 1.88 bits per heavy atom. The predicted octanol–water partition coefficient (Wildman–Crippen LogP) is 4.42. The van der Waals surface area contributed by atoms with Gasteiger partial charge in [-0.05, 0) is 68.9 Å². The third kappa shape index (κ3) is 3.88. The van der Waals surface area contributed by atoms with Gasteiger partial charge in [0.05, 0.1) is 6.61 Å². The summed E-state index contributed by atoms with van der Waals surface area (Å²) in [6.07, 6.45) is 7.63. The molecule has 0 aromatic carbocycles. The molecule has 6 nitrogen and oxygen atoms in total. The molecule has 0 aromatic heterocycles. The van der Waals surface area contributed by atoms with Crippen molar-refractivity contribution in [3.63, 3.8) is 0 Å². The second-order valence-corrected chi connectivity index (χ2v) is 11.1. The van der Waals surface area contributed by atoms with Gasteiger partial charge in [-0.25, -0.2) is 0 Å². The quantitative estimate of drug-likeness (QED) is 0.568. The van der Waals surface area contributed by atoms with Crippen LogP contribution in [0, 0.1) is 34.5 Å². The van der Waals surface area contributed by atoms with Gasteiger partial charge in [0.15, 0.2) is 5.78 Å². The molecule has 3 fully saturated rings. The van der Waals surface area contributed by atoms with Gasteiger partial charge < -0.3 is 14.2 Å². The van der Waals surface area contributed by atoms with E-state index < -0.39 is 0 Å². The number of ether oxygens (including phenoxy) is 3. The molecule has 0 heterocycles. The van der Waals surface area contributed by atoms with E-state index in [0.29, 0.717) is 24.9 Å². The molecule has 182 valence electrons. The minimum atomic E-state index is -0.370. The summed E-state index contributed by atoms with van der Waals surface area (Å²) in [4.78, 5) is 36.2. The highest BCUT2D eigenvalue weighted by Crippen LogP contribution is 2.67. The lowest BCUT2D eigenvalue weighted by Crippen LogP contribution is -2.54. The fourth-order valence-corrected chi connectivity index (χ4v) is 8.08. The first-order valence-corrected chi connectivity index (χ1v) is 12.3. The molecule has 33 heavy (non-hydrogen) atoms. The molecular weight excluding hydrogens is 420 g/mol. The topological polar surface area (TPSA) is 78.9 Å². The number of carbonyl (C=O) groups excluding carboxylic acids is 3. The smallest absolute Gasteiger partial charge is 0.302 e. The van der Waals surface area contributed by atoms with Crippen molar-refractivity contribution in [2.75, 3.05) is 13.7 Å². The van der Waals surface area contributed by atoms with E-state index in [2.05, 4.69) is 20.8 Å². The first kappa shape index (κ1) is 24.2. The summed E-state index contributed by atoms with van der Waals surface area (Å²) in [5.74, 6) is 0.615. The maximum Gasteiger partial charge on any atom is 0.302 e. The second kappa shape index (κ2) is 8.68. The van der Waals surface area contributed by atoms with E-state index in [4.69, 9.17) is 14.2 Å². The van der Waals surface area contributed by atoms with Gasteiger partial charge in [-0.2, -0.15) is 0 Å². The number of ketones is 1. The zero-order valence-electron chi connectivity index (χ0n) is 20.8. The number of hydrogen-bond acceptors (Lipinski definition) is 6. The van der Waals surface area contributed by atoms with Crippen molar-refractivity contribution in [1.82, 2.24) is 0 Å². The molecule has 0 saturated heterocycles. The van der Waals surface area contributed by atoms with E-state index in [0.717, 1.165) is 31.3 Å². The number of hydrogen-bond donors (Lipinski definition) is 0. The number of rotatable bonds is 5. The van der Waals surface area contributed by atoms with Crippen LogP contribution in [-0.2, 0) is 28.6 Å². The Bertz CT molecular complexity index is 902. The van der Waals surface area contributed by atoms with Gasteiger partial charge in [-0.3, -0.25) is 14.4 Å². The second-order valence-electron chi connectivity index (χ2n) is 11.1. The minimum absolute atomic E-state index is 0.0552. The van der Waals surface area contributed by atoms with Crippen molar-refractivity contribution >= 4 is 17.7 Å². The molecule has 0 amide bonds. The molecule has 0 radical (unpaired) electrons. The molecule has 6 heteroatoms. The van der Waals surface area contributed by atoms with Crippen LogP contribution in [0.25, 0.3) is 0 Å². The summed E-state index contributed by atoms with van der Waals surface area (Å²) in [5.41, 5.74) is 2.11. The average Bonchev–Trinajstić information content (AvgIpc) is 3.00. The Morgan fingerprint density at radius 3 is 2.52 bits per heavy atom. The Balaban J connectivity index is 1.76. The van der Waals surface area contributed by atoms with Gasteiger partial charge in [0.1, 0.15) is 12.2 Å². The Labute approximate surface area is 197 Å². The summed E-state index contributed by atoms with van der Waals surface area (Å²) in [5, 5.41) is 0. The summed E-state index contributed by atoms with van der Waals surface area (Å²) in [7, 11) is 1.63. The SMILES string of the molecule is COC[C@H](OC(C)=O)[C@H]1C[C@H](OC(C)=O)[C@@]2(C)CC[C@H]3[C@@H](CCC4=CC(=O)C=C(C)[C@@]43C)[C@H]12. The normalized spacial score (nSPS) is 40.5. The van der Waals surface area contributed by atoms with Crippen molar-refractivity contribution < 1.29 is 28.6 Å². The number of esters is 2. The predicted molar refractivity (Wildman–Crippen MR) is 123 cm³/mol. The molecule has 4 aliphatic carbocycles. The summed E-state index contributed by atoms with van der Waals surface area (Å²) >= 11 is 0. The standard InChI is InChI=1S/C27H38O6/c1-15-11-19(30)12-18-7-8-20-22(27(15,18)5)9-10-26(4)24(33-17(3)29)13-21(25(20)26)23(14-31-6)32-16(2)28/h11-12,20-25H,7-10,13-14H2,1-6H3/t20-,21-,22+,23+,24+,25-,26-,27+/m1/s1. The van der Waals surface area contributed by atoms with Crippen LogP contribution in [0.5, 0.6) is 0 Å². The Morgan fingerprint density at radius 1 is 1.15 bits per heavy atom. The van der Waals surface area contributed by atoms with E-state index in [1.165, 1.54) is 19.4 Å². The zero-order chi connectivity index (χ0) is 24.1. The lowest BCUT2D eigenvalue weighted by Gasteiger charge is -2.58. The number of allylic oxidation sites excluding steroid dienone is 4. The van der Waals surface area contributed by atoms with E-state index >= 15 is 0 Å². The van der Waals surface area contributed by atoms with Crippen LogP contribution < -0.4 is 0 Å². The van der Waals surface area contributed by atoms with Crippen LogP contribution in [0.3, 0.4) is 0 Å². The lowest BCUT2D eigenvalue weighted by atomic mass is 9.46. The molecule has 8 atom stereocenters. The Kier molecular flexibility index (Phi) is 6.36. The van der Waals surface area contributed by atoms with Gasteiger partial charge >= 0.3 is 11.9 Å². The molecule has 4 rings (SSSR count). The van der Waals surface area contributed by atoms with Gasteiger partial charge in [0.2, 0.25) is 0 Å². The van der Waals surface area contributed by atoms with Gasteiger partial charge in [0.25, 0.3) is 0 Å². The average molecular weight is 459 g/mol. The Hall–Kier alpha value is -1.95. The summed E-state index contributed by atoms with van der Waals surface area (Å²) < 4.78 is 17.2. The van der Waals surface area contributed by atoms with Crippen LogP contribution >= 0.6 is 0 Å². The fraction of sp³-hybridized carbons (Fsp3) is 0.741.